The summed E-state index contributed by atoms with van der Waals surface area (Å²) >= 11 is 1.67. The van der Waals surface area contributed by atoms with Gasteiger partial charge < -0.3 is 20.3 Å². The van der Waals surface area contributed by atoms with Crippen molar-refractivity contribution in [3.05, 3.63) is 18.2 Å². The second-order valence-electron chi connectivity index (χ2n) is 7.07. The smallest absolute Gasteiger partial charge is 0.319 e. The van der Waals surface area contributed by atoms with Gasteiger partial charge in [-0.15, -0.1) is 0 Å². The Bertz CT molecular complexity index is 749. The van der Waals surface area contributed by atoms with E-state index in [0.29, 0.717) is 6.04 Å². The van der Waals surface area contributed by atoms with Gasteiger partial charge in [-0.05, 0) is 31.0 Å². The van der Waals surface area contributed by atoms with E-state index < -0.39 is 0 Å². The average Bonchev–Trinajstić information content (AvgIpc) is 2.91. The molecule has 1 aromatic carbocycles. The normalized spacial score (nSPS) is 19.3. The van der Waals surface area contributed by atoms with E-state index in [9.17, 15) is 4.79 Å². The minimum Gasteiger partial charge on any atom is -0.378 e. The molecule has 1 saturated heterocycles. The lowest BCUT2D eigenvalue weighted by atomic mass is 10.1. The quantitative estimate of drug-likeness (QED) is 0.798. The zero-order chi connectivity index (χ0) is 17.8. The van der Waals surface area contributed by atoms with E-state index in [1.807, 2.05) is 18.2 Å². The van der Waals surface area contributed by atoms with Crippen LogP contribution in [0, 0.1) is 0 Å². The van der Waals surface area contributed by atoms with Crippen LogP contribution in [0.1, 0.15) is 38.5 Å². The SMILES string of the molecule is O=C(Nc1ccc2nc(N3CCOCC3)sc2c1)NC1CCCCCC1. The van der Waals surface area contributed by atoms with E-state index in [-0.39, 0.29) is 6.03 Å². The Morgan fingerprint density at radius 2 is 1.92 bits per heavy atom. The molecule has 6 nitrogen and oxygen atoms in total. The van der Waals surface area contributed by atoms with Gasteiger partial charge in [0.15, 0.2) is 5.13 Å². The van der Waals surface area contributed by atoms with Gasteiger partial charge in [0.2, 0.25) is 0 Å². The van der Waals surface area contributed by atoms with Gasteiger partial charge in [0.25, 0.3) is 0 Å². The standard InChI is InChI=1S/C19H26N4O2S/c24-18(20-14-5-3-1-2-4-6-14)21-15-7-8-16-17(13-15)26-19(22-16)23-9-11-25-12-10-23/h7-8,13-14H,1-6,9-12H2,(H2,20,21,24). The summed E-state index contributed by atoms with van der Waals surface area (Å²) in [6.45, 7) is 3.28. The van der Waals surface area contributed by atoms with Crippen molar-refractivity contribution in [1.82, 2.24) is 10.3 Å². The summed E-state index contributed by atoms with van der Waals surface area (Å²) in [5, 5.41) is 7.14. The van der Waals surface area contributed by atoms with Crippen molar-refractivity contribution < 1.29 is 9.53 Å². The Labute approximate surface area is 157 Å². The Morgan fingerprint density at radius 3 is 2.69 bits per heavy atom. The van der Waals surface area contributed by atoms with E-state index >= 15 is 0 Å². The number of thiazole rings is 1. The monoisotopic (exact) mass is 374 g/mol. The fourth-order valence-corrected chi connectivity index (χ4v) is 4.71. The van der Waals surface area contributed by atoms with Gasteiger partial charge in [0.1, 0.15) is 0 Å². The van der Waals surface area contributed by atoms with E-state index in [4.69, 9.17) is 9.72 Å². The average molecular weight is 375 g/mol. The highest BCUT2D eigenvalue weighted by molar-refractivity contribution is 7.22. The zero-order valence-corrected chi connectivity index (χ0v) is 15.8. The minimum absolute atomic E-state index is 0.103. The number of anilines is 2. The summed E-state index contributed by atoms with van der Waals surface area (Å²) in [4.78, 5) is 19.3. The fraction of sp³-hybridized carbons (Fsp3) is 0.579. The highest BCUT2D eigenvalue weighted by Gasteiger charge is 2.17. The van der Waals surface area contributed by atoms with Crippen molar-refractivity contribution in [2.45, 2.75) is 44.6 Å². The Kier molecular flexibility index (Phi) is 5.55. The fourth-order valence-electron chi connectivity index (χ4n) is 3.66. The molecule has 2 fully saturated rings. The summed E-state index contributed by atoms with van der Waals surface area (Å²) in [6, 6.07) is 6.13. The van der Waals surface area contributed by atoms with Gasteiger partial charge in [-0.1, -0.05) is 37.0 Å². The third-order valence-electron chi connectivity index (χ3n) is 5.11. The molecule has 2 aliphatic rings. The first-order valence-electron chi connectivity index (χ1n) is 9.59. The third-order valence-corrected chi connectivity index (χ3v) is 6.19. The first-order valence-corrected chi connectivity index (χ1v) is 10.4. The molecule has 0 unspecified atom stereocenters. The molecule has 7 heteroatoms. The van der Waals surface area contributed by atoms with Crippen molar-refractivity contribution in [2.24, 2.45) is 0 Å². The molecular formula is C19H26N4O2S. The number of nitrogens with one attached hydrogen (secondary N) is 2. The Balaban J connectivity index is 1.40. The number of amides is 2. The maximum Gasteiger partial charge on any atom is 0.319 e. The molecule has 140 valence electrons. The number of fused-ring (bicyclic) bond motifs is 1. The number of rotatable bonds is 3. The molecule has 0 radical (unpaired) electrons. The highest BCUT2D eigenvalue weighted by atomic mass is 32.1. The molecule has 1 saturated carbocycles. The number of morpholine rings is 1. The van der Waals surface area contributed by atoms with Gasteiger partial charge in [0.05, 0.1) is 23.4 Å². The van der Waals surface area contributed by atoms with Crippen LogP contribution in [-0.2, 0) is 4.74 Å². The molecule has 0 bridgehead atoms. The van der Waals surface area contributed by atoms with Crippen LogP contribution in [0.5, 0.6) is 0 Å². The first kappa shape index (κ1) is 17.5. The Morgan fingerprint density at radius 1 is 1.15 bits per heavy atom. The maximum atomic E-state index is 12.3. The molecule has 26 heavy (non-hydrogen) atoms. The molecule has 2 heterocycles. The van der Waals surface area contributed by atoms with E-state index in [1.165, 1.54) is 25.7 Å². The molecule has 0 atom stereocenters. The lowest BCUT2D eigenvalue weighted by Gasteiger charge is -2.25. The number of benzene rings is 1. The van der Waals surface area contributed by atoms with Gasteiger partial charge in [-0.25, -0.2) is 9.78 Å². The molecule has 0 spiro atoms. The van der Waals surface area contributed by atoms with Crippen LogP contribution in [0.25, 0.3) is 10.2 Å². The largest absolute Gasteiger partial charge is 0.378 e. The first-order chi connectivity index (χ1) is 12.8. The summed E-state index contributed by atoms with van der Waals surface area (Å²) in [6.07, 6.45) is 7.17. The molecular weight excluding hydrogens is 348 g/mol. The second kappa shape index (κ2) is 8.22. The highest BCUT2D eigenvalue weighted by Crippen LogP contribution is 2.31. The molecule has 1 aliphatic heterocycles. The van der Waals surface area contributed by atoms with Crippen LogP contribution in [0.15, 0.2) is 18.2 Å². The van der Waals surface area contributed by atoms with Gasteiger partial charge in [-0.2, -0.15) is 0 Å². The van der Waals surface area contributed by atoms with Crippen LogP contribution in [-0.4, -0.2) is 43.4 Å². The van der Waals surface area contributed by atoms with Crippen LogP contribution >= 0.6 is 11.3 Å². The molecule has 1 aliphatic carbocycles. The van der Waals surface area contributed by atoms with Crippen LogP contribution in [0.2, 0.25) is 0 Å². The number of carbonyl (C=O) groups excluding carboxylic acids is 1. The topological polar surface area (TPSA) is 66.5 Å². The van der Waals surface area contributed by atoms with Gasteiger partial charge in [-0.3, -0.25) is 0 Å². The Hall–Kier alpha value is -1.86. The van der Waals surface area contributed by atoms with Crippen molar-refractivity contribution in [1.29, 1.82) is 0 Å². The van der Waals surface area contributed by atoms with Crippen LogP contribution in [0.3, 0.4) is 0 Å². The number of hydrogen-bond donors (Lipinski definition) is 2. The predicted octanol–water partition coefficient (Wildman–Crippen LogP) is 3.98. The number of aromatic nitrogens is 1. The third kappa shape index (κ3) is 4.27. The second-order valence-corrected chi connectivity index (χ2v) is 8.07. The van der Waals surface area contributed by atoms with Crippen LogP contribution < -0.4 is 15.5 Å². The molecule has 2 amide bonds. The van der Waals surface area contributed by atoms with Crippen molar-refractivity contribution in [2.75, 3.05) is 36.5 Å². The molecule has 2 N–H and O–H groups in total. The maximum absolute atomic E-state index is 12.3. The molecule has 1 aromatic heterocycles. The van der Waals surface area contributed by atoms with Gasteiger partial charge >= 0.3 is 6.03 Å². The zero-order valence-electron chi connectivity index (χ0n) is 15.0. The lowest BCUT2D eigenvalue weighted by molar-refractivity contribution is 0.122. The van der Waals surface area contributed by atoms with E-state index in [2.05, 4.69) is 15.5 Å². The summed E-state index contributed by atoms with van der Waals surface area (Å²) in [5.74, 6) is 0. The summed E-state index contributed by atoms with van der Waals surface area (Å²) in [7, 11) is 0. The lowest BCUT2D eigenvalue weighted by Crippen LogP contribution is -2.37. The number of ether oxygens (including phenoxy) is 1. The summed E-state index contributed by atoms with van der Waals surface area (Å²) < 4.78 is 6.51. The van der Waals surface area contributed by atoms with E-state index in [0.717, 1.165) is 60.2 Å². The van der Waals surface area contributed by atoms with Gasteiger partial charge in [0, 0.05) is 24.8 Å². The minimum atomic E-state index is -0.103. The van der Waals surface area contributed by atoms with E-state index in [1.54, 1.807) is 11.3 Å². The van der Waals surface area contributed by atoms with Crippen molar-refractivity contribution in [3.8, 4) is 0 Å². The number of urea groups is 1. The predicted molar refractivity (Wildman–Crippen MR) is 106 cm³/mol. The number of hydrogen-bond acceptors (Lipinski definition) is 5. The number of nitrogens with zero attached hydrogens (tertiary/aromatic N) is 2. The number of carbonyl (C=O) groups is 1. The molecule has 4 rings (SSSR count). The van der Waals surface area contributed by atoms with Crippen molar-refractivity contribution >= 4 is 38.4 Å². The molecule has 2 aromatic rings. The van der Waals surface area contributed by atoms with Crippen LogP contribution in [0.4, 0.5) is 15.6 Å². The van der Waals surface area contributed by atoms with Crippen molar-refractivity contribution in [3.63, 3.8) is 0 Å². The summed E-state index contributed by atoms with van der Waals surface area (Å²) in [5.41, 5.74) is 1.80.